The minimum Gasteiger partial charge on any atom is -0.398 e. The molecule has 0 aromatic heterocycles. The molecule has 3 nitrogen and oxygen atoms in total. The summed E-state index contributed by atoms with van der Waals surface area (Å²) in [7, 11) is 0. The highest BCUT2D eigenvalue weighted by molar-refractivity contribution is 7.99. The van der Waals surface area contributed by atoms with Gasteiger partial charge in [-0.05, 0) is 50.6 Å². The molecule has 1 aromatic rings. The topological polar surface area (TPSA) is 55.1 Å². The number of thioether (sulfide) groups is 1. The number of ketones is 1. The molecule has 2 atom stereocenters. The Hall–Kier alpha value is -1.16. The Kier molecular flexibility index (Phi) is 4.17. The summed E-state index contributed by atoms with van der Waals surface area (Å²) in [5.74, 6) is 0.0181. The van der Waals surface area contributed by atoms with Crippen LogP contribution >= 0.6 is 11.8 Å². The van der Waals surface area contributed by atoms with E-state index in [4.69, 9.17) is 5.73 Å². The monoisotopic (exact) mass is 264 g/mol. The van der Waals surface area contributed by atoms with Crippen molar-refractivity contribution < 1.29 is 4.79 Å². The second kappa shape index (κ2) is 5.65. The van der Waals surface area contributed by atoms with E-state index in [-0.39, 0.29) is 5.78 Å². The first-order chi connectivity index (χ1) is 8.60. The summed E-state index contributed by atoms with van der Waals surface area (Å²) >= 11 is 1.94. The molecule has 0 saturated heterocycles. The zero-order chi connectivity index (χ0) is 13.1. The van der Waals surface area contributed by atoms with Crippen LogP contribution in [0.15, 0.2) is 18.2 Å². The van der Waals surface area contributed by atoms with Crippen LogP contribution in [0.25, 0.3) is 0 Å². The van der Waals surface area contributed by atoms with Crippen LogP contribution in [0.2, 0.25) is 0 Å². The lowest BCUT2D eigenvalue weighted by Crippen LogP contribution is -2.16. The Labute approximate surface area is 113 Å². The number of rotatable bonds is 4. The zero-order valence-electron chi connectivity index (χ0n) is 10.9. The molecule has 18 heavy (non-hydrogen) atoms. The highest BCUT2D eigenvalue weighted by atomic mass is 32.2. The average molecular weight is 264 g/mol. The van der Waals surface area contributed by atoms with Gasteiger partial charge in [-0.15, -0.1) is 0 Å². The smallest absolute Gasteiger partial charge is 0.161 e. The fraction of sp³-hybridized carbons (Fsp3) is 0.500. The van der Waals surface area contributed by atoms with E-state index in [0.717, 1.165) is 10.9 Å². The first kappa shape index (κ1) is 13.3. The van der Waals surface area contributed by atoms with Crippen LogP contribution in [0, 0.1) is 0 Å². The van der Waals surface area contributed by atoms with Crippen molar-refractivity contribution in [3.63, 3.8) is 0 Å². The molecule has 98 valence electrons. The van der Waals surface area contributed by atoms with Crippen molar-refractivity contribution in [2.45, 2.75) is 37.5 Å². The second-order valence-corrected chi connectivity index (χ2v) is 6.01. The number of carbonyl (C=O) groups is 1. The van der Waals surface area contributed by atoms with Crippen LogP contribution in [0.1, 0.15) is 36.5 Å². The SMILES string of the molecule is CSC1CCC(Nc2ccc(N)c(C(C)=O)c2)C1. The van der Waals surface area contributed by atoms with Gasteiger partial charge in [0.15, 0.2) is 5.78 Å². The van der Waals surface area contributed by atoms with Gasteiger partial charge < -0.3 is 11.1 Å². The first-order valence-corrected chi connectivity index (χ1v) is 7.58. The quantitative estimate of drug-likeness (QED) is 0.648. The number of nitrogens with one attached hydrogen (secondary N) is 1. The third-order valence-corrected chi connectivity index (χ3v) is 4.62. The summed E-state index contributed by atoms with van der Waals surface area (Å²) in [5.41, 5.74) is 7.96. The van der Waals surface area contributed by atoms with Gasteiger partial charge in [0.05, 0.1) is 0 Å². The molecule has 0 spiro atoms. The number of Topliss-reactive ketones (excluding diaryl/α,β-unsaturated/α-hetero) is 1. The van der Waals surface area contributed by atoms with Gasteiger partial charge in [-0.1, -0.05) is 0 Å². The van der Waals surface area contributed by atoms with Crippen molar-refractivity contribution in [2.75, 3.05) is 17.3 Å². The third kappa shape index (κ3) is 2.99. The van der Waals surface area contributed by atoms with Crippen LogP contribution in [0.4, 0.5) is 11.4 Å². The van der Waals surface area contributed by atoms with Crippen molar-refractivity contribution in [3.05, 3.63) is 23.8 Å². The highest BCUT2D eigenvalue weighted by Gasteiger charge is 2.23. The Morgan fingerprint density at radius 2 is 2.22 bits per heavy atom. The zero-order valence-corrected chi connectivity index (χ0v) is 11.7. The molecule has 1 aliphatic carbocycles. The van der Waals surface area contributed by atoms with E-state index in [1.807, 2.05) is 23.9 Å². The van der Waals surface area contributed by atoms with E-state index >= 15 is 0 Å². The maximum Gasteiger partial charge on any atom is 0.161 e. The predicted octanol–water partition coefficient (Wildman–Crippen LogP) is 3.17. The summed E-state index contributed by atoms with van der Waals surface area (Å²) in [5, 5.41) is 4.27. The van der Waals surface area contributed by atoms with Gasteiger partial charge in [0.2, 0.25) is 0 Å². The predicted molar refractivity (Wildman–Crippen MR) is 79.4 cm³/mol. The minimum absolute atomic E-state index is 0.0181. The summed E-state index contributed by atoms with van der Waals surface area (Å²) in [6, 6.07) is 6.14. The fourth-order valence-electron chi connectivity index (χ4n) is 2.47. The van der Waals surface area contributed by atoms with Crippen LogP contribution in [0.5, 0.6) is 0 Å². The average Bonchev–Trinajstić information content (AvgIpc) is 2.79. The largest absolute Gasteiger partial charge is 0.398 e. The Bertz CT molecular complexity index is 447. The molecule has 1 aromatic carbocycles. The molecule has 1 saturated carbocycles. The number of nitrogen functional groups attached to an aromatic ring is 1. The van der Waals surface area contributed by atoms with E-state index in [2.05, 4.69) is 11.6 Å². The maximum atomic E-state index is 11.4. The maximum absolute atomic E-state index is 11.4. The summed E-state index contributed by atoms with van der Waals surface area (Å²) < 4.78 is 0. The number of hydrogen-bond donors (Lipinski definition) is 2. The second-order valence-electron chi connectivity index (χ2n) is 4.87. The van der Waals surface area contributed by atoms with Gasteiger partial charge in [-0.3, -0.25) is 4.79 Å². The van der Waals surface area contributed by atoms with E-state index in [0.29, 0.717) is 17.3 Å². The first-order valence-electron chi connectivity index (χ1n) is 6.30. The van der Waals surface area contributed by atoms with E-state index < -0.39 is 0 Å². The third-order valence-electron chi connectivity index (χ3n) is 3.52. The lowest BCUT2D eigenvalue weighted by molar-refractivity contribution is 0.101. The lowest BCUT2D eigenvalue weighted by Gasteiger charge is -2.15. The molecular formula is C14H20N2OS. The molecular weight excluding hydrogens is 244 g/mol. The number of anilines is 2. The summed E-state index contributed by atoms with van der Waals surface area (Å²) in [4.78, 5) is 11.4. The fourth-order valence-corrected chi connectivity index (χ4v) is 3.27. The number of carbonyl (C=O) groups excluding carboxylic acids is 1. The van der Waals surface area contributed by atoms with E-state index in [1.54, 1.807) is 13.0 Å². The van der Waals surface area contributed by atoms with Crippen molar-refractivity contribution in [3.8, 4) is 0 Å². The molecule has 1 aliphatic rings. The highest BCUT2D eigenvalue weighted by Crippen LogP contribution is 2.30. The van der Waals surface area contributed by atoms with Gasteiger partial charge >= 0.3 is 0 Å². The minimum atomic E-state index is 0.0181. The number of nitrogens with two attached hydrogens (primary N) is 1. The van der Waals surface area contributed by atoms with Crippen molar-refractivity contribution in [1.82, 2.24) is 0 Å². The number of benzene rings is 1. The number of hydrogen-bond acceptors (Lipinski definition) is 4. The van der Waals surface area contributed by atoms with Crippen molar-refractivity contribution in [1.29, 1.82) is 0 Å². The van der Waals surface area contributed by atoms with Crippen molar-refractivity contribution >= 4 is 28.9 Å². The summed E-state index contributed by atoms with van der Waals surface area (Å²) in [6.45, 7) is 1.55. The van der Waals surface area contributed by atoms with Crippen LogP contribution in [-0.2, 0) is 0 Å². The normalized spacial score (nSPS) is 23.0. The molecule has 2 unspecified atom stereocenters. The molecule has 3 N–H and O–H groups in total. The molecule has 0 heterocycles. The van der Waals surface area contributed by atoms with Crippen molar-refractivity contribution in [2.24, 2.45) is 0 Å². The van der Waals surface area contributed by atoms with Gasteiger partial charge in [0, 0.05) is 28.2 Å². The summed E-state index contributed by atoms with van der Waals surface area (Å²) in [6.07, 6.45) is 5.84. The van der Waals surface area contributed by atoms with Gasteiger partial charge in [0.25, 0.3) is 0 Å². The molecule has 0 radical (unpaired) electrons. The van der Waals surface area contributed by atoms with Gasteiger partial charge in [-0.2, -0.15) is 11.8 Å². The van der Waals surface area contributed by atoms with E-state index in [9.17, 15) is 4.79 Å². The lowest BCUT2D eigenvalue weighted by atomic mass is 10.1. The van der Waals surface area contributed by atoms with Crippen LogP contribution in [0.3, 0.4) is 0 Å². The standard InChI is InChI=1S/C14H20N2OS/c1-9(17)13-8-11(4-6-14(13)15)16-10-3-5-12(7-10)18-2/h4,6,8,10,12,16H,3,5,7,15H2,1-2H3. The van der Waals surface area contributed by atoms with Gasteiger partial charge in [0.1, 0.15) is 0 Å². The van der Waals surface area contributed by atoms with Gasteiger partial charge in [-0.25, -0.2) is 0 Å². The molecule has 0 amide bonds. The molecule has 0 aliphatic heterocycles. The Balaban J connectivity index is 2.06. The van der Waals surface area contributed by atoms with Crippen LogP contribution in [-0.4, -0.2) is 23.3 Å². The van der Waals surface area contributed by atoms with E-state index in [1.165, 1.54) is 19.3 Å². The Morgan fingerprint density at radius 3 is 2.83 bits per heavy atom. The molecule has 4 heteroatoms. The Morgan fingerprint density at radius 1 is 1.44 bits per heavy atom. The molecule has 1 fully saturated rings. The molecule has 0 bridgehead atoms. The van der Waals surface area contributed by atoms with Crippen LogP contribution < -0.4 is 11.1 Å². The molecule has 2 rings (SSSR count).